The van der Waals surface area contributed by atoms with E-state index in [2.05, 4.69) is 31.0 Å². The number of imide groups is 2. The van der Waals surface area contributed by atoms with Crippen molar-refractivity contribution < 1.29 is 47.4 Å². The maximum Gasteiger partial charge on any atom is 0.264 e. The van der Waals surface area contributed by atoms with Gasteiger partial charge in [0.25, 0.3) is 17.7 Å². The summed E-state index contributed by atoms with van der Waals surface area (Å²) in [6.45, 7) is 2.63. The van der Waals surface area contributed by atoms with Crippen LogP contribution in [0.1, 0.15) is 55.9 Å². The molecule has 17 nitrogen and oxygen atoms in total. The number of pyridine rings is 1. The van der Waals surface area contributed by atoms with Gasteiger partial charge in [-0.2, -0.15) is 0 Å². The normalized spacial score (nSPS) is 15.4. The zero-order valence-electron chi connectivity index (χ0n) is 36.2. The number of rotatable bonds is 20. The van der Waals surface area contributed by atoms with Gasteiger partial charge < -0.3 is 40.6 Å². The fraction of sp³-hybridized carbons (Fsp3) is 0.271. The van der Waals surface area contributed by atoms with Crippen molar-refractivity contribution in [3.05, 3.63) is 119 Å². The van der Waals surface area contributed by atoms with Gasteiger partial charge in [0.1, 0.15) is 17.7 Å². The molecule has 1 unspecified atom stereocenters. The van der Waals surface area contributed by atoms with E-state index in [9.17, 15) is 28.8 Å². The highest BCUT2D eigenvalue weighted by atomic mass is 32.2. The zero-order chi connectivity index (χ0) is 46.9. The Bertz CT molecular complexity index is 2720. The molecule has 4 aromatic carbocycles. The second kappa shape index (κ2) is 21.4. The van der Waals surface area contributed by atoms with Gasteiger partial charge in [-0.15, -0.1) is 0 Å². The number of hydrogen-bond donors (Lipinski definition) is 6. The molecule has 0 saturated carbocycles. The van der Waals surface area contributed by atoms with Crippen LogP contribution in [0, 0.1) is 5.82 Å². The summed E-state index contributed by atoms with van der Waals surface area (Å²) in [7, 11) is 0. The van der Waals surface area contributed by atoms with Crippen molar-refractivity contribution in [2.45, 2.75) is 36.6 Å². The van der Waals surface area contributed by atoms with Crippen LogP contribution in [0.25, 0.3) is 22.3 Å². The average Bonchev–Trinajstić information content (AvgIpc) is 3.58. The van der Waals surface area contributed by atoms with Crippen molar-refractivity contribution >= 4 is 70.3 Å². The Morgan fingerprint density at radius 2 is 1.54 bits per heavy atom. The minimum absolute atomic E-state index is 0.0456. The first-order chi connectivity index (χ1) is 32.5. The Hall–Kier alpha value is -7.19. The first-order valence-corrected chi connectivity index (χ1v) is 22.5. The molecular formula is C48H47FN8O9S. The molecule has 8 rings (SSSR count). The van der Waals surface area contributed by atoms with Crippen LogP contribution in [0.15, 0.2) is 96.0 Å². The van der Waals surface area contributed by atoms with Crippen LogP contribution in [-0.4, -0.2) is 104 Å². The number of benzene rings is 4. The zero-order valence-corrected chi connectivity index (χ0v) is 37.0. The number of nitrogens with one attached hydrogen (secondary N) is 5. The molecule has 1 atom stereocenters. The number of amides is 6. The molecule has 4 heterocycles. The van der Waals surface area contributed by atoms with Gasteiger partial charge in [-0.05, 0) is 96.6 Å². The lowest BCUT2D eigenvalue weighted by molar-refractivity contribution is -0.136. The number of nitrogen functional groups attached to an aromatic ring is 1. The van der Waals surface area contributed by atoms with Crippen molar-refractivity contribution in [1.29, 1.82) is 0 Å². The molecule has 0 spiro atoms. The first kappa shape index (κ1) is 46.3. The van der Waals surface area contributed by atoms with Crippen LogP contribution in [0.4, 0.5) is 27.3 Å². The number of fused-ring (bicyclic) bond motifs is 2. The predicted octanol–water partition coefficient (Wildman–Crippen LogP) is 5.43. The molecule has 1 aromatic heterocycles. The van der Waals surface area contributed by atoms with Crippen molar-refractivity contribution in [2.24, 2.45) is 0 Å². The van der Waals surface area contributed by atoms with Crippen molar-refractivity contribution in [1.82, 2.24) is 20.5 Å². The summed E-state index contributed by atoms with van der Waals surface area (Å²) >= 11 is 1.24. The van der Waals surface area contributed by atoms with Crippen LogP contribution in [0.2, 0.25) is 0 Å². The summed E-state index contributed by atoms with van der Waals surface area (Å²) in [5.41, 5.74) is 12.4. The van der Waals surface area contributed by atoms with Crippen molar-refractivity contribution in [3.8, 4) is 22.3 Å². The van der Waals surface area contributed by atoms with E-state index in [-0.39, 0.29) is 48.8 Å². The number of aromatic nitrogens is 1. The summed E-state index contributed by atoms with van der Waals surface area (Å²) in [4.78, 5) is 80.8. The number of piperidine rings is 1. The third-order valence-corrected chi connectivity index (χ3v) is 12.0. The maximum atomic E-state index is 15.5. The fourth-order valence-electron chi connectivity index (χ4n) is 7.83. The van der Waals surface area contributed by atoms with Crippen molar-refractivity contribution in [2.75, 3.05) is 73.8 Å². The summed E-state index contributed by atoms with van der Waals surface area (Å²) in [5, 5.41) is 11.0. The van der Waals surface area contributed by atoms with E-state index in [1.807, 2.05) is 18.2 Å². The molecule has 0 bridgehead atoms. The standard InChI is InChI=1S/C48H47FN8O9S/c49-38-26-33(9-11-34(38)30-25-37(44(50)53-27-30)28-4-10-35-29(24-28)14-16-52-45(35)60)67-56-32-7-5-31(6-8-32)54-42(59)15-18-64-20-22-66-23-21-65-19-17-51-39-3-1-2-36-43(39)48(63)57(47(36)62)40-12-13-41(58)55-46(40)61/h1-11,24-27,40,51,56H,12-23H2,(H2,50,53)(H,52,60)(H,54,59)(H,55,58,61). The highest BCUT2D eigenvalue weighted by Gasteiger charge is 2.45. The highest BCUT2D eigenvalue weighted by molar-refractivity contribution is 8.00. The van der Waals surface area contributed by atoms with E-state index in [0.717, 1.165) is 21.7 Å². The quantitative estimate of drug-likeness (QED) is 0.0325. The van der Waals surface area contributed by atoms with E-state index in [1.165, 1.54) is 24.1 Å². The molecule has 19 heteroatoms. The smallest absolute Gasteiger partial charge is 0.264 e. The van der Waals surface area contributed by atoms with Gasteiger partial charge in [0.15, 0.2) is 0 Å². The summed E-state index contributed by atoms with van der Waals surface area (Å²) in [5.74, 6) is -2.68. The number of halogens is 1. The molecule has 6 amide bonds. The second-order valence-electron chi connectivity index (χ2n) is 15.7. The van der Waals surface area contributed by atoms with Gasteiger partial charge in [-0.1, -0.05) is 24.3 Å². The number of anilines is 4. The Balaban J connectivity index is 0.683. The molecule has 3 aliphatic heterocycles. The second-order valence-corrected chi connectivity index (χ2v) is 16.6. The number of nitrogens with two attached hydrogens (primary N) is 1. The molecule has 0 aliphatic carbocycles. The largest absolute Gasteiger partial charge is 0.383 e. The van der Waals surface area contributed by atoms with Gasteiger partial charge in [0.2, 0.25) is 17.7 Å². The lowest BCUT2D eigenvalue weighted by Gasteiger charge is -2.27. The van der Waals surface area contributed by atoms with Gasteiger partial charge >= 0.3 is 0 Å². The maximum absolute atomic E-state index is 15.5. The molecule has 7 N–H and O–H groups in total. The van der Waals surface area contributed by atoms with Gasteiger partial charge in [-0.3, -0.25) is 39.0 Å². The lowest BCUT2D eigenvalue weighted by atomic mass is 9.94. The Morgan fingerprint density at radius 3 is 2.31 bits per heavy atom. The molecule has 3 aliphatic rings. The van der Waals surface area contributed by atoms with Crippen LogP contribution >= 0.6 is 11.9 Å². The van der Waals surface area contributed by atoms with Crippen LogP contribution in [-0.2, 0) is 35.0 Å². The molecule has 1 fully saturated rings. The molecule has 346 valence electrons. The number of carbonyl (C=O) groups excluding carboxylic acids is 6. The molecule has 5 aromatic rings. The Morgan fingerprint density at radius 1 is 0.791 bits per heavy atom. The number of carbonyl (C=O) groups is 6. The Kier molecular flexibility index (Phi) is 14.8. The molecular weight excluding hydrogens is 884 g/mol. The number of hydrogen-bond acceptors (Lipinski definition) is 14. The third-order valence-electron chi connectivity index (χ3n) is 11.2. The third kappa shape index (κ3) is 11.1. The van der Waals surface area contributed by atoms with E-state index >= 15 is 4.39 Å². The van der Waals surface area contributed by atoms with E-state index in [1.54, 1.807) is 60.8 Å². The van der Waals surface area contributed by atoms with Gasteiger partial charge in [0, 0.05) is 69.9 Å². The monoisotopic (exact) mass is 930 g/mol. The minimum atomic E-state index is -1.04. The van der Waals surface area contributed by atoms with Crippen molar-refractivity contribution in [3.63, 3.8) is 0 Å². The molecule has 0 radical (unpaired) electrons. The average molecular weight is 931 g/mol. The summed E-state index contributed by atoms with van der Waals surface area (Å²) in [6.07, 6.45) is 2.53. The van der Waals surface area contributed by atoms with E-state index in [4.69, 9.17) is 19.9 Å². The molecule has 1 saturated heterocycles. The van der Waals surface area contributed by atoms with E-state index < -0.39 is 35.5 Å². The minimum Gasteiger partial charge on any atom is -0.383 e. The summed E-state index contributed by atoms with van der Waals surface area (Å²) < 4.78 is 35.4. The molecule has 67 heavy (non-hydrogen) atoms. The SMILES string of the molecule is Nc1ncc(-c2ccc(SNc3ccc(NC(=O)CCOCCOCCOCCNc4cccc5c4C(=O)N(C4CCC(=O)NC4=O)C5=O)cc3)cc2F)cc1-c1ccc2c(c1)CCNC2=O. The Labute approximate surface area is 388 Å². The van der Waals surface area contributed by atoms with Crippen LogP contribution in [0.5, 0.6) is 0 Å². The van der Waals surface area contributed by atoms with Crippen LogP contribution in [0.3, 0.4) is 0 Å². The fourth-order valence-corrected chi connectivity index (χ4v) is 8.50. The number of ether oxygens (including phenoxy) is 3. The van der Waals surface area contributed by atoms with Crippen LogP contribution < -0.4 is 31.7 Å². The topological polar surface area (TPSA) is 232 Å². The number of nitrogens with zero attached hydrogens (tertiary/aromatic N) is 2. The van der Waals surface area contributed by atoms with Gasteiger partial charge in [-0.25, -0.2) is 9.37 Å². The lowest BCUT2D eigenvalue weighted by Crippen LogP contribution is -2.54. The summed E-state index contributed by atoms with van der Waals surface area (Å²) in [6, 6.07) is 23.2. The van der Waals surface area contributed by atoms with Gasteiger partial charge in [0.05, 0.1) is 57.2 Å². The van der Waals surface area contributed by atoms with E-state index in [0.29, 0.717) is 96.9 Å². The highest BCUT2D eigenvalue weighted by Crippen LogP contribution is 2.35. The first-order valence-electron chi connectivity index (χ1n) is 21.7. The predicted molar refractivity (Wildman–Crippen MR) is 249 cm³/mol.